The molecule has 3 aliphatic heterocycles. The summed E-state index contributed by atoms with van der Waals surface area (Å²) >= 11 is 0. The van der Waals surface area contributed by atoms with Gasteiger partial charge in [-0.25, -0.2) is 9.50 Å². The maximum Gasteiger partial charge on any atom is 0.403 e. The van der Waals surface area contributed by atoms with Crippen LogP contribution in [0.1, 0.15) is 32.3 Å². The molecular weight excluding hydrogens is 461 g/mol. The number of nitrogens with zero attached hydrogens (tertiary/aromatic N) is 5. The second-order valence-corrected chi connectivity index (χ2v) is 10.3. The van der Waals surface area contributed by atoms with Gasteiger partial charge < -0.3 is 20.9 Å². The summed E-state index contributed by atoms with van der Waals surface area (Å²) in [6, 6.07) is 4.17. The number of alkyl halides is 3. The number of anilines is 4. The number of nitrogens with one attached hydrogen (secondary N) is 3. The zero-order valence-electron chi connectivity index (χ0n) is 19.3. The van der Waals surface area contributed by atoms with Gasteiger partial charge in [-0.15, -0.1) is 5.10 Å². The summed E-state index contributed by atoms with van der Waals surface area (Å²) in [5.41, 5.74) is 1.92. The van der Waals surface area contributed by atoms with E-state index in [0.717, 1.165) is 16.9 Å². The number of hydrogen-bond donors (Lipinski definition) is 3. The largest absolute Gasteiger partial charge is 0.403 e. The molecule has 3 aromatic rings. The molecule has 2 unspecified atom stereocenters. The summed E-state index contributed by atoms with van der Waals surface area (Å²) in [4.78, 5) is 23.3. The minimum Gasteiger partial charge on any atom is -0.353 e. The third-order valence-corrected chi connectivity index (χ3v) is 7.49. The molecule has 12 heteroatoms. The minimum atomic E-state index is -4.24. The van der Waals surface area contributed by atoms with Gasteiger partial charge in [-0.3, -0.25) is 4.79 Å². The van der Waals surface area contributed by atoms with E-state index >= 15 is 0 Å². The fraction of sp³-hybridized carbons (Fsp3) is 0.478. The van der Waals surface area contributed by atoms with E-state index in [1.54, 1.807) is 16.9 Å². The lowest BCUT2D eigenvalue weighted by molar-refractivity contribution is -0.153. The highest BCUT2D eigenvalue weighted by Crippen LogP contribution is 2.44. The van der Waals surface area contributed by atoms with Crippen LogP contribution in [0.4, 0.5) is 36.3 Å². The molecule has 35 heavy (non-hydrogen) atoms. The normalized spacial score (nSPS) is 25.5. The molecule has 1 amide bonds. The van der Waals surface area contributed by atoms with Crippen molar-refractivity contribution in [1.29, 1.82) is 0 Å². The molecule has 5 heterocycles. The van der Waals surface area contributed by atoms with E-state index in [1.807, 2.05) is 36.9 Å². The highest BCUT2D eigenvalue weighted by atomic mass is 19.4. The molecular formula is C23H25F3N8O. The SMILES string of the molecule is CC1(C)C(=O)Nc2cc(Nc3nc4c(N5CCC6(CNC(C(F)(F)F)C6)C5)nccn4n3)ccc21. The third-order valence-electron chi connectivity index (χ3n) is 7.49. The number of carbonyl (C=O) groups is 1. The number of aromatic nitrogens is 4. The molecule has 2 aromatic heterocycles. The molecule has 0 radical (unpaired) electrons. The monoisotopic (exact) mass is 486 g/mol. The molecule has 0 bridgehead atoms. The smallest absolute Gasteiger partial charge is 0.353 e. The third kappa shape index (κ3) is 3.58. The molecule has 2 atom stereocenters. The van der Waals surface area contributed by atoms with E-state index in [1.165, 1.54) is 0 Å². The van der Waals surface area contributed by atoms with Crippen molar-refractivity contribution in [3.8, 4) is 0 Å². The van der Waals surface area contributed by atoms with Crippen LogP contribution in [-0.4, -0.2) is 57.3 Å². The van der Waals surface area contributed by atoms with E-state index in [0.29, 0.717) is 43.5 Å². The Labute approximate surface area is 199 Å². The standard InChI is InChI=1S/C23H25F3N8O/c1-21(2)14-4-3-13(9-15(14)30-19(21)35)29-20-31-18-17(27-6-8-34(18)32-20)33-7-5-22(12-33)10-16(28-11-22)23(24,25)26/h3-4,6,8-9,16,28H,5,7,10-12H2,1-2H3,(H,29,32)(H,30,35). The molecule has 0 saturated carbocycles. The Bertz CT molecular complexity index is 1340. The number of amides is 1. The molecule has 3 aliphatic rings. The molecule has 2 saturated heterocycles. The lowest BCUT2D eigenvalue weighted by Crippen LogP contribution is -2.36. The van der Waals surface area contributed by atoms with Crippen molar-refractivity contribution < 1.29 is 18.0 Å². The Morgan fingerprint density at radius 2 is 2.09 bits per heavy atom. The zero-order chi connectivity index (χ0) is 24.6. The maximum atomic E-state index is 13.2. The first-order valence-corrected chi connectivity index (χ1v) is 11.5. The van der Waals surface area contributed by atoms with Gasteiger partial charge >= 0.3 is 6.18 Å². The zero-order valence-corrected chi connectivity index (χ0v) is 19.3. The van der Waals surface area contributed by atoms with Crippen LogP contribution in [-0.2, 0) is 10.2 Å². The Hall–Kier alpha value is -3.41. The first-order chi connectivity index (χ1) is 16.5. The van der Waals surface area contributed by atoms with Crippen molar-refractivity contribution in [2.24, 2.45) is 5.41 Å². The maximum absolute atomic E-state index is 13.2. The highest BCUT2D eigenvalue weighted by Gasteiger charge is 2.52. The van der Waals surface area contributed by atoms with Gasteiger partial charge in [0.2, 0.25) is 11.9 Å². The molecule has 1 aromatic carbocycles. The van der Waals surface area contributed by atoms with Gasteiger partial charge in [0.1, 0.15) is 6.04 Å². The fourth-order valence-corrected chi connectivity index (χ4v) is 5.46. The van der Waals surface area contributed by atoms with E-state index in [-0.39, 0.29) is 12.3 Å². The lowest BCUT2D eigenvalue weighted by atomic mass is 9.84. The Kier molecular flexibility index (Phi) is 4.60. The Balaban J connectivity index is 1.23. The lowest BCUT2D eigenvalue weighted by Gasteiger charge is -2.24. The summed E-state index contributed by atoms with van der Waals surface area (Å²) in [6.45, 7) is 5.19. The number of benzene rings is 1. The highest BCUT2D eigenvalue weighted by molar-refractivity contribution is 6.06. The van der Waals surface area contributed by atoms with Crippen molar-refractivity contribution in [3.05, 3.63) is 36.2 Å². The fourth-order valence-electron chi connectivity index (χ4n) is 5.46. The predicted molar refractivity (Wildman–Crippen MR) is 124 cm³/mol. The number of rotatable bonds is 3. The average Bonchev–Trinajstić information content (AvgIpc) is 3.55. The van der Waals surface area contributed by atoms with Crippen LogP contribution in [0.2, 0.25) is 0 Å². The number of halogens is 3. The van der Waals surface area contributed by atoms with Gasteiger partial charge in [-0.1, -0.05) is 6.07 Å². The molecule has 6 rings (SSSR count). The van der Waals surface area contributed by atoms with E-state index in [4.69, 9.17) is 0 Å². The van der Waals surface area contributed by atoms with Crippen LogP contribution in [0.3, 0.4) is 0 Å². The summed E-state index contributed by atoms with van der Waals surface area (Å²) < 4.78 is 41.2. The molecule has 9 nitrogen and oxygen atoms in total. The van der Waals surface area contributed by atoms with Crippen molar-refractivity contribution >= 4 is 34.7 Å². The first kappa shape index (κ1) is 22.1. The average molecular weight is 487 g/mol. The quantitative estimate of drug-likeness (QED) is 0.523. The first-order valence-electron chi connectivity index (χ1n) is 11.5. The van der Waals surface area contributed by atoms with Crippen LogP contribution < -0.4 is 20.9 Å². The van der Waals surface area contributed by atoms with Gasteiger partial charge in [-0.05, 0) is 44.4 Å². The predicted octanol–water partition coefficient (Wildman–Crippen LogP) is 3.22. The topological polar surface area (TPSA) is 99.5 Å². The second-order valence-electron chi connectivity index (χ2n) is 10.3. The van der Waals surface area contributed by atoms with E-state index < -0.39 is 23.0 Å². The Morgan fingerprint density at radius 3 is 2.86 bits per heavy atom. The summed E-state index contributed by atoms with van der Waals surface area (Å²) in [7, 11) is 0. The van der Waals surface area contributed by atoms with Crippen LogP contribution in [0, 0.1) is 5.41 Å². The molecule has 184 valence electrons. The molecule has 2 fully saturated rings. The van der Waals surface area contributed by atoms with Crippen LogP contribution >= 0.6 is 0 Å². The summed E-state index contributed by atoms with van der Waals surface area (Å²) in [5.74, 6) is 0.910. The van der Waals surface area contributed by atoms with Crippen molar-refractivity contribution in [2.75, 3.05) is 35.2 Å². The van der Waals surface area contributed by atoms with Gasteiger partial charge in [-0.2, -0.15) is 18.2 Å². The number of carbonyl (C=O) groups excluding carboxylic acids is 1. The van der Waals surface area contributed by atoms with Gasteiger partial charge in [0.25, 0.3) is 0 Å². The number of fused-ring (bicyclic) bond motifs is 2. The molecule has 3 N–H and O–H groups in total. The van der Waals surface area contributed by atoms with Gasteiger partial charge in [0.05, 0.1) is 5.41 Å². The van der Waals surface area contributed by atoms with Crippen LogP contribution in [0.5, 0.6) is 0 Å². The van der Waals surface area contributed by atoms with E-state index in [2.05, 4.69) is 31.0 Å². The van der Waals surface area contributed by atoms with Gasteiger partial charge in [0.15, 0.2) is 11.5 Å². The van der Waals surface area contributed by atoms with Crippen LogP contribution in [0.25, 0.3) is 5.65 Å². The van der Waals surface area contributed by atoms with Crippen molar-refractivity contribution in [1.82, 2.24) is 24.9 Å². The molecule has 0 aliphatic carbocycles. The van der Waals surface area contributed by atoms with E-state index in [9.17, 15) is 18.0 Å². The number of hydrogen-bond acceptors (Lipinski definition) is 7. The minimum absolute atomic E-state index is 0.0476. The van der Waals surface area contributed by atoms with Gasteiger partial charge in [0, 0.05) is 48.8 Å². The Morgan fingerprint density at radius 1 is 1.26 bits per heavy atom. The second kappa shape index (κ2) is 7.30. The molecule has 1 spiro atoms. The van der Waals surface area contributed by atoms with Crippen LogP contribution in [0.15, 0.2) is 30.6 Å². The summed E-state index contributed by atoms with van der Waals surface area (Å²) in [5, 5.41) is 13.2. The summed E-state index contributed by atoms with van der Waals surface area (Å²) in [6.07, 6.45) is -0.207. The van der Waals surface area contributed by atoms with Crippen molar-refractivity contribution in [2.45, 2.75) is 44.3 Å². The van der Waals surface area contributed by atoms with Crippen molar-refractivity contribution in [3.63, 3.8) is 0 Å².